The predicted molar refractivity (Wildman–Crippen MR) is 241 cm³/mol. The van der Waals surface area contributed by atoms with Gasteiger partial charge in [-0.05, 0) is 33.1 Å². The van der Waals surface area contributed by atoms with Gasteiger partial charge in [0.25, 0.3) is 0 Å². The first-order chi connectivity index (χ1) is 31.2. The van der Waals surface area contributed by atoms with E-state index in [2.05, 4.69) is 0 Å². The van der Waals surface area contributed by atoms with Crippen LogP contribution >= 0.6 is 0 Å². The summed E-state index contributed by atoms with van der Waals surface area (Å²) < 4.78 is 28.4. The van der Waals surface area contributed by atoms with Crippen LogP contribution in [-0.4, -0.2) is 168 Å². The molecule has 0 spiro atoms. The molecule has 5 unspecified atom stereocenters. The number of hydrogen-bond acceptors (Lipinski definition) is 18. The van der Waals surface area contributed by atoms with E-state index in [9.17, 15) is 60.7 Å². The van der Waals surface area contributed by atoms with Gasteiger partial charge in [-0.1, -0.05) is 98.9 Å². The van der Waals surface area contributed by atoms with Gasteiger partial charge in [0.1, 0.15) is 18.1 Å². The minimum Gasteiger partial charge on any atom is -0.469 e. The van der Waals surface area contributed by atoms with Crippen LogP contribution in [-0.2, 0) is 33.3 Å². The molecule has 3 rings (SSSR count). The van der Waals surface area contributed by atoms with Gasteiger partial charge in [0.05, 0.1) is 86.7 Å². The molecule has 2 bridgehead atoms. The van der Waals surface area contributed by atoms with Crippen LogP contribution in [0.4, 0.5) is 0 Å². The van der Waals surface area contributed by atoms with E-state index in [0.29, 0.717) is 0 Å². The second kappa shape index (κ2) is 28.1. The average Bonchev–Trinajstić information content (AvgIpc) is 3.24. The maximum absolute atomic E-state index is 13.1. The number of nitrogens with two attached hydrogens (primary N) is 1. The number of allylic oxidation sites excluding steroid dienone is 12. The van der Waals surface area contributed by atoms with E-state index < -0.39 is 147 Å². The monoisotopic (exact) mass is 938 g/mol. The van der Waals surface area contributed by atoms with Crippen molar-refractivity contribution >= 4 is 11.9 Å². The third kappa shape index (κ3) is 18.6. The highest BCUT2D eigenvalue weighted by atomic mass is 16.7. The van der Waals surface area contributed by atoms with Crippen molar-refractivity contribution in [3.8, 4) is 0 Å². The summed E-state index contributed by atoms with van der Waals surface area (Å²) in [5.41, 5.74) is 6.05. The Morgan fingerprint density at radius 1 is 0.667 bits per heavy atom. The number of aliphatic hydroxyl groups is 10. The quantitative estimate of drug-likeness (QED) is 0.174. The van der Waals surface area contributed by atoms with Crippen molar-refractivity contribution in [3.63, 3.8) is 0 Å². The minimum atomic E-state index is -2.27. The molecule has 18 nitrogen and oxygen atoms in total. The van der Waals surface area contributed by atoms with E-state index in [1.54, 1.807) is 75.5 Å². The van der Waals surface area contributed by atoms with Gasteiger partial charge in [0, 0.05) is 37.5 Å². The summed E-state index contributed by atoms with van der Waals surface area (Å²) in [6.45, 7) is 6.78. The van der Waals surface area contributed by atoms with E-state index in [1.807, 2.05) is 37.3 Å². The third-order valence-electron chi connectivity index (χ3n) is 12.2. The van der Waals surface area contributed by atoms with Gasteiger partial charge in [-0.2, -0.15) is 0 Å². The fourth-order valence-electron chi connectivity index (χ4n) is 8.09. The van der Waals surface area contributed by atoms with Gasteiger partial charge in [0.2, 0.25) is 0 Å². The molecule has 66 heavy (non-hydrogen) atoms. The topological polar surface area (TPSA) is 309 Å². The number of aliphatic hydroxyl groups excluding tert-OH is 9. The second-order valence-corrected chi connectivity index (χ2v) is 17.8. The molecule has 0 aromatic rings. The molecule has 0 aromatic carbocycles. The van der Waals surface area contributed by atoms with Crippen LogP contribution in [0.5, 0.6) is 0 Å². The Hall–Kier alpha value is -3.44. The fraction of sp³-hybridized carbons (Fsp3) is 0.667. The molecular weight excluding hydrogens is 863 g/mol. The summed E-state index contributed by atoms with van der Waals surface area (Å²) in [6, 6.07) is -1.13. The van der Waals surface area contributed by atoms with E-state index >= 15 is 0 Å². The van der Waals surface area contributed by atoms with Crippen LogP contribution in [0.3, 0.4) is 0 Å². The zero-order valence-corrected chi connectivity index (χ0v) is 38.5. The molecule has 0 amide bonds. The highest BCUT2D eigenvalue weighted by molar-refractivity contribution is 5.74. The fourth-order valence-corrected chi connectivity index (χ4v) is 8.09. The van der Waals surface area contributed by atoms with E-state index in [-0.39, 0.29) is 31.6 Å². The molecule has 2 saturated heterocycles. The van der Waals surface area contributed by atoms with Crippen molar-refractivity contribution in [2.24, 2.45) is 23.5 Å². The van der Waals surface area contributed by atoms with Crippen molar-refractivity contribution in [1.82, 2.24) is 0 Å². The molecular formula is C48H75NO17. The first-order valence-corrected chi connectivity index (χ1v) is 22.7. The molecule has 3 heterocycles. The lowest BCUT2D eigenvalue weighted by atomic mass is 9.82. The summed E-state index contributed by atoms with van der Waals surface area (Å²) in [6.07, 6.45) is 4.50. The number of methoxy groups -OCH3 is 1. The number of cyclic esters (lactones) is 1. The lowest BCUT2D eigenvalue weighted by molar-refractivity contribution is -0.308. The number of carbonyl (C=O) groups excluding carboxylic acids is 2. The van der Waals surface area contributed by atoms with Crippen molar-refractivity contribution in [2.75, 3.05) is 7.11 Å². The summed E-state index contributed by atoms with van der Waals surface area (Å²) in [5, 5.41) is 109. The number of esters is 2. The van der Waals surface area contributed by atoms with Crippen LogP contribution < -0.4 is 5.73 Å². The van der Waals surface area contributed by atoms with Gasteiger partial charge < -0.3 is 80.5 Å². The normalized spacial score (nSPS) is 44.9. The lowest BCUT2D eigenvalue weighted by Crippen LogP contribution is -2.61. The van der Waals surface area contributed by atoms with Crippen molar-refractivity contribution in [3.05, 3.63) is 85.1 Å². The van der Waals surface area contributed by atoms with Crippen LogP contribution in [0.2, 0.25) is 0 Å². The molecule has 0 aliphatic carbocycles. The van der Waals surface area contributed by atoms with Crippen LogP contribution in [0.1, 0.15) is 79.1 Å². The van der Waals surface area contributed by atoms with Crippen LogP contribution in [0.25, 0.3) is 0 Å². The summed E-state index contributed by atoms with van der Waals surface area (Å²) in [4.78, 5) is 25.7. The molecule has 374 valence electrons. The zero-order chi connectivity index (χ0) is 49.1. The van der Waals surface area contributed by atoms with E-state index in [1.165, 1.54) is 0 Å². The van der Waals surface area contributed by atoms with Crippen LogP contribution in [0.15, 0.2) is 85.1 Å². The van der Waals surface area contributed by atoms with Crippen molar-refractivity contribution in [1.29, 1.82) is 0 Å². The Morgan fingerprint density at radius 2 is 1.24 bits per heavy atom. The van der Waals surface area contributed by atoms with Gasteiger partial charge in [0.15, 0.2) is 12.1 Å². The first kappa shape index (κ1) is 56.9. The lowest BCUT2D eigenvalue weighted by Gasteiger charge is -2.45. The highest BCUT2D eigenvalue weighted by Crippen LogP contribution is 2.38. The summed E-state index contributed by atoms with van der Waals surface area (Å²) in [5.74, 6) is -5.93. The van der Waals surface area contributed by atoms with E-state index in [4.69, 9.17) is 29.4 Å². The van der Waals surface area contributed by atoms with Gasteiger partial charge in [-0.3, -0.25) is 9.59 Å². The Labute approximate surface area is 387 Å². The maximum Gasteiger partial charge on any atom is 0.313 e. The smallest absolute Gasteiger partial charge is 0.313 e. The third-order valence-corrected chi connectivity index (χ3v) is 12.2. The number of ether oxygens (including phenoxy) is 5. The molecule has 0 aromatic heterocycles. The van der Waals surface area contributed by atoms with Crippen molar-refractivity contribution in [2.45, 2.75) is 177 Å². The minimum absolute atomic E-state index is 0.0949. The Kier molecular flexibility index (Phi) is 24.3. The maximum atomic E-state index is 13.1. The molecule has 3 aliphatic heterocycles. The Bertz CT molecular complexity index is 1680. The summed E-state index contributed by atoms with van der Waals surface area (Å²) >= 11 is 0. The van der Waals surface area contributed by atoms with E-state index in [0.717, 1.165) is 7.11 Å². The largest absolute Gasteiger partial charge is 0.469 e. The van der Waals surface area contributed by atoms with Crippen LogP contribution in [0, 0.1) is 17.8 Å². The highest BCUT2D eigenvalue weighted by Gasteiger charge is 2.51. The zero-order valence-electron chi connectivity index (χ0n) is 38.5. The van der Waals surface area contributed by atoms with Gasteiger partial charge in [-0.15, -0.1) is 0 Å². The Balaban J connectivity index is 1.88. The molecule has 2 fully saturated rings. The summed E-state index contributed by atoms with van der Waals surface area (Å²) in [7, 11) is 1.12. The number of rotatable bonds is 3. The first-order valence-electron chi connectivity index (χ1n) is 22.7. The van der Waals surface area contributed by atoms with Gasteiger partial charge >= 0.3 is 11.9 Å². The molecule has 12 N–H and O–H groups in total. The molecule has 0 radical (unpaired) electrons. The van der Waals surface area contributed by atoms with Gasteiger partial charge in [-0.25, -0.2) is 0 Å². The molecule has 3 aliphatic rings. The number of fused-ring (bicyclic) bond motifs is 2. The number of carbonyl (C=O) groups is 2. The predicted octanol–water partition coefficient (Wildman–Crippen LogP) is 0.800. The Morgan fingerprint density at radius 3 is 1.83 bits per heavy atom. The second-order valence-electron chi connectivity index (χ2n) is 17.8. The molecule has 0 saturated carbocycles. The molecule has 19 atom stereocenters. The van der Waals surface area contributed by atoms with Crippen molar-refractivity contribution < 1.29 is 84.3 Å². The average molecular weight is 938 g/mol. The SMILES string of the molecule is COC(=O)[C@H]1[C@@H]2C[C@@H](OC3OC(C)C(O)C(N)C3O)/C=C/C=C/C=C/C=C/C=C/C=C/C=C/[C@H](C)[C@@H](O)[C@@H](C)[C@H](C)OC(=O)C[C@H](O)C[C@H](O)CC[C@@H](O)[C@H](O)C[C@H](O)C[C@](O)(C[C@@H]1O)O2. The standard InChI is InChI=1S/C48H75NO17/c1-28-18-16-14-12-10-8-6-7-9-11-13-15-17-19-35(65-47-45(59)42(49)44(58)31(4)64-47)25-39-41(46(60)62-5)38(55)27-48(61,66-39)26-34(52)23-37(54)36(53)21-20-32(50)22-33(51)24-40(56)63-30(3)29(2)43(28)57/h6-19,28-39,41-45,47,50-55,57-59,61H,20-27,49H2,1-5H3/b7-6+,10-8+,11-9+,14-12+,15-13+,18-16+,19-17+/t28-,29-,30-,31?,32+,33+,34-,35-,36+,37+,38-,39-,41+,42?,43+,44?,45?,47?,48+/m0/s1. The molecule has 18 heteroatoms. The number of hydrogen-bond donors (Lipinski definition) is 11.